The predicted octanol–water partition coefficient (Wildman–Crippen LogP) is 4.09. The molecule has 7 heteroatoms. The first-order chi connectivity index (χ1) is 12.7. The molecule has 3 aromatic rings. The summed E-state index contributed by atoms with van der Waals surface area (Å²) in [4.78, 5) is 20.3. The Bertz CT molecular complexity index is 892. The Morgan fingerprint density at radius 3 is 2.92 bits per heavy atom. The van der Waals surface area contributed by atoms with E-state index in [1.807, 2.05) is 41.8 Å². The van der Waals surface area contributed by atoms with Crippen molar-refractivity contribution in [1.29, 1.82) is 0 Å². The number of piperidine rings is 1. The summed E-state index contributed by atoms with van der Waals surface area (Å²) < 4.78 is 0. The second-order valence-electron chi connectivity index (χ2n) is 6.23. The second kappa shape index (κ2) is 7.57. The van der Waals surface area contributed by atoms with Crippen LogP contribution in [-0.2, 0) is 0 Å². The van der Waals surface area contributed by atoms with Gasteiger partial charge >= 0.3 is 0 Å². The summed E-state index contributed by atoms with van der Waals surface area (Å²) in [6, 6.07) is 11.7. The summed E-state index contributed by atoms with van der Waals surface area (Å²) in [5, 5.41) is 17.6. The molecule has 0 aliphatic carbocycles. The lowest BCUT2D eigenvalue weighted by Crippen LogP contribution is -2.38. The van der Waals surface area contributed by atoms with Crippen LogP contribution in [0.3, 0.4) is 0 Å². The molecule has 134 valence electrons. The quantitative estimate of drug-likeness (QED) is 0.710. The fourth-order valence-corrected chi connectivity index (χ4v) is 4.72. The van der Waals surface area contributed by atoms with Crippen LogP contribution in [0.25, 0.3) is 9.88 Å². The fraction of sp³-hybridized carbons (Fsp3) is 0.263. The smallest absolute Gasteiger partial charge is 0.275 e. The maximum atomic E-state index is 12.7. The van der Waals surface area contributed by atoms with Gasteiger partial charge in [0.2, 0.25) is 0 Å². The first-order valence-electron chi connectivity index (χ1n) is 8.53. The second-order valence-corrected chi connectivity index (χ2v) is 8.03. The fourth-order valence-electron chi connectivity index (χ4n) is 3.11. The van der Waals surface area contributed by atoms with Gasteiger partial charge in [-0.2, -0.15) is 0 Å². The van der Waals surface area contributed by atoms with Gasteiger partial charge in [-0.1, -0.05) is 18.2 Å². The Kier molecular flexibility index (Phi) is 5.01. The predicted molar refractivity (Wildman–Crippen MR) is 107 cm³/mol. The van der Waals surface area contributed by atoms with Gasteiger partial charge in [-0.3, -0.25) is 4.79 Å². The molecule has 0 radical (unpaired) electrons. The molecule has 1 atom stereocenters. The highest BCUT2D eigenvalue weighted by atomic mass is 32.1. The van der Waals surface area contributed by atoms with Gasteiger partial charge in [0.1, 0.15) is 10.7 Å². The topological polar surface area (TPSA) is 65.5 Å². The number of hydrogen-bond donors (Lipinski definition) is 2. The Morgan fingerprint density at radius 1 is 1.23 bits per heavy atom. The van der Waals surface area contributed by atoms with Crippen LogP contribution in [0.1, 0.15) is 23.3 Å². The van der Waals surface area contributed by atoms with Crippen molar-refractivity contribution >= 4 is 40.0 Å². The zero-order valence-corrected chi connectivity index (χ0v) is 15.7. The normalized spacial score (nSPS) is 17.3. The molecular formula is C19H19N3O2S2. The highest BCUT2D eigenvalue weighted by Crippen LogP contribution is 2.30. The number of nitrogens with one attached hydrogen (secondary N) is 1. The summed E-state index contributed by atoms with van der Waals surface area (Å²) in [5.41, 5.74) is 2.11. The van der Waals surface area contributed by atoms with Crippen LogP contribution >= 0.6 is 22.7 Å². The molecule has 1 amide bonds. The maximum Gasteiger partial charge on any atom is 0.275 e. The number of carbonyl (C=O) groups is 1. The van der Waals surface area contributed by atoms with Crippen molar-refractivity contribution in [2.75, 3.05) is 23.3 Å². The Morgan fingerprint density at radius 2 is 2.12 bits per heavy atom. The highest BCUT2D eigenvalue weighted by Gasteiger charge is 2.21. The van der Waals surface area contributed by atoms with Gasteiger partial charge in [0.25, 0.3) is 5.91 Å². The number of aliphatic hydroxyl groups is 1. The number of rotatable bonds is 4. The number of anilines is 2. The molecule has 1 aliphatic rings. The summed E-state index contributed by atoms with van der Waals surface area (Å²) in [6.07, 6.45) is 1.45. The molecule has 0 bridgehead atoms. The molecule has 2 aromatic heterocycles. The molecule has 2 N–H and O–H groups in total. The van der Waals surface area contributed by atoms with Crippen LogP contribution in [0.5, 0.6) is 0 Å². The third kappa shape index (κ3) is 3.65. The third-order valence-electron chi connectivity index (χ3n) is 4.36. The van der Waals surface area contributed by atoms with Gasteiger partial charge < -0.3 is 15.3 Å². The van der Waals surface area contributed by atoms with E-state index >= 15 is 0 Å². The minimum atomic E-state index is -0.320. The van der Waals surface area contributed by atoms with Crippen molar-refractivity contribution in [3.63, 3.8) is 0 Å². The third-order valence-corrected chi connectivity index (χ3v) is 6.24. The van der Waals surface area contributed by atoms with Crippen LogP contribution in [0, 0.1) is 0 Å². The van der Waals surface area contributed by atoms with Gasteiger partial charge in [-0.15, -0.1) is 22.7 Å². The molecule has 0 saturated carbocycles. The number of para-hydroxylation sites is 2. The van der Waals surface area contributed by atoms with Crippen molar-refractivity contribution < 1.29 is 9.90 Å². The minimum Gasteiger partial charge on any atom is -0.391 e. The van der Waals surface area contributed by atoms with Gasteiger partial charge in [0.15, 0.2) is 0 Å². The van der Waals surface area contributed by atoms with Crippen LogP contribution in [-0.4, -0.2) is 35.2 Å². The molecule has 4 rings (SSSR count). The SMILES string of the molecule is O=C(Nc1ccccc1N1CCCC(O)C1)c1csc(-c2cccs2)n1. The maximum absolute atomic E-state index is 12.7. The Balaban J connectivity index is 1.53. The highest BCUT2D eigenvalue weighted by molar-refractivity contribution is 7.20. The van der Waals surface area contributed by atoms with E-state index in [1.54, 1.807) is 16.7 Å². The van der Waals surface area contributed by atoms with Crippen LogP contribution in [0.4, 0.5) is 11.4 Å². The zero-order chi connectivity index (χ0) is 17.9. The average Bonchev–Trinajstić information content (AvgIpc) is 3.34. The lowest BCUT2D eigenvalue weighted by molar-refractivity contribution is 0.102. The van der Waals surface area contributed by atoms with Gasteiger partial charge in [-0.05, 0) is 36.4 Å². The first kappa shape index (κ1) is 17.2. The zero-order valence-electron chi connectivity index (χ0n) is 14.1. The van der Waals surface area contributed by atoms with Crippen molar-refractivity contribution in [2.24, 2.45) is 0 Å². The monoisotopic (exact) mass is 385 g/mol. The lowest BCUT2D eigenvalue weighted by Gasteiger charge is -2.33. The van der Waals surface area contributed by atoms with Crippen molar-refractivity contribution in [3.8, 4) is 9.88 Å². The molecule has 1 aliphatic heterocycles. The van der Waals surface area contributed by atoms with E-state index < -0.39 is 0 Å². The van der Waals surface area contributed by atoms with Gasteiger partial charge in [0, 0.05) is 18.5 Å². The van der Waals surface area contributed by atoms with E-state index in [-0.39, 0.29) is 12.0 Å². The van der Waals surface area contributed by atoms with E-state index in [1.165, 1.54) is 11.3 Å². The van der Waals surface area contributed by atoms with E-state index in [0.29, 0.717) is 12.2 Å². The van der Waals surface area contributed by atoms with Crippen molar-refractivity contribution in [2.45, 2.75) is 18.9 Å². The van der Waals surface area contributed by atoms with E-state index in [2.05, 4.69) is 15.2 Å². The first-order valence-corrected chi connectivity index (χ1v) is 10.3. The molecule has 1 saturated heterocycles. The number of aromatic nitrogens is 1. The van der Waals surface area contributed by atoms with Crippen LogP contribution in [0.15, 0.2) is 47.2 Å². The molecule has 1 unspecified atom stereocenters. The summed E-state index contributed by atoms with van der Waals surface area (Å²) >= 11 is 3.09. The number of benzene rings is 1. The number of amides is 1. The number of carbonyl (C=O) groups excluding carboxylic acids is 1. The molecule has 5 nitrogen and oxygen atoms in total. The Labute approximate surface area is 159 Å². The van der Waals surface area contributed by atoms with Crippen LogP contribution in [0.2, 0.25) is 0 Å². The summed E-state index contributed by atoms with van der Waals surface area (Å²) in [7, 11) is 0. The number of hydrogen-bond acceptors (Lipinski definition) is 6. The van der Waals surface area contributed by atoms with Crippen molar-refractivity contribution in [1.82, 2.24) is 4.98 Å². The van der Waals surface area contributed by atoms with Gasteiger partial charge in [-0.25, -0.2) is 4.98 Å². The molecule has 1 aromatic carbocycles. The standard InChI is InChI=1S/C19H19N3O2S2/c23-13-5-3-9-22(11-13)16-7-2-1-6-14(16)20-18(24)15-12-26-19(21-15)17-8-4-10-25-17/h1-2,4,6-8,10,12-13,23H,3,5,9,11H2,(H,20,24). The van der Waals surface area contributed by atoms with E-state index in [4.69, 9.17) is 0 Å². The molecule has 1 fully saturated rings. The molecule has 3 heterocycles. The summed E-state index contributed by atoms with van der Waals surface area (Å²) in [6.45, 7) is 1.47. The minimum absolute atomic E-state index is 0.214. The number of nitrogens with zero attached hydrogens (tertiary/aromatic N) is 2. The molecule has 0 spiro atoms. The molecular weight excluding hydrogens is 366 g/mol. The van der Waals surface area contributed by atoms with Gasteiger partial charge in [0.05, 0.1) is 22.4 Å². The van der Waals surface area contributed by atoms with E-state index in [0.717, 1.165) is 40.6 Å². The Hall–Kier alpha value is -2.22. The summed E-state index contributed by atoms with van der Waals surface area (Å²) in [5.74, 6) is -0.214. The number of β-amino-alcohol motifs (C(OH)–C–C–N with tert-alkyl or cyclic N) is 1. The van der Waals surface area contributed by atoms with E-state index in [9.17, 15) is 9.90 Å². The van der Waals surface area contributed by atoms with Crippen LogP contribution < -0.4 is 10.2 Å². The largest absolute Gasteiger partial charge is 0.391 e. The lowest BCUT2D eigenvalue weighted by atomic mass is 10.1. The number of thiazole rings is 1. The average molecular weight is 386 g/mol. The number of aliphatic hydroxyl groups excluding tert-OH is 1. The number of thiophene rings is 1. The van der Waals surface area contributed by atoms with Crippen molar-refractivity contribution in [3.05, 3.63) is 52.9 Å². The molecule has 26 heavy (non-hydrogen) atoms.